The van der Waals surface area contributed by atoms with Crippen LogP contribution in [0.25, 0.3) is 43.6 Å². The minimum absolute atomic E-state index is 0.124. The van der Waals surface area contributed by atoms with Gasteiger partial charge in [0.2, 0.25) is 0 Å². The predicted octanol–water partition coefficient (Wildman–Crippen LogP) is 17.1. The third-order valence-corrected chi connectivity index (χ3v) is 15.8. The summed E-state index contributed by atoms with van der Waals surface area (Å²) in [6.07, 6.45) is 47.6. The van der Waals surface area contributed by atoms with Gasteiger partial charge < -0.3 is 18.6 Å². The van der Waals surface area contributed by atoms with Gasteiger partial charge in [0.1, 0.15) is 0 Å². The summed E-state index contributed by atoms with van der Waals surface area (Å²) in [6.45, 7) is 7.80. The normalized spacial score (nSPS) is 12.1. The van der Waals surface area contributed by atoms with Gasteiger partial charge in [-0.15, -0.1) is 0 Å². The molecule has 0 radical (unpaired) electrons. The number of aryl methyl sites for hydroxylation is 1. The van der Waals surface area contributed by atoms with Crippen LogP contribution in [0.4, 0.5) is 0 Å². The highest BCUT2D eigenvalue weighted by Crippen LogP contribution is 2.25. The average molecular weight is 999 g/mol. The number of fused-ring (bicyclic) bond motifs is 4. The smallest absolute Gasteiger partial charge is 0.197 e. The van der Waals surface area contributed by atoms with Crippen LogP contribution in [0.5, 0.6) is 0 Å². The number of hydrogen-bond acceptors (Lipinski definition) is 5. The molecule has 5 rings (SSSR count). The summed E-state index contributed by atoms with van der Waals surface area (Å²) in [5, 5.41) is 2.05. The molecule has 5 aromatic rings. The summed E-state index contributed by atoms with van der Waals surface area (Å²) >= 11 is 0. The number of unbranched alkanes of at least 4 members (excludes halogenated alkanes) is 31. The van der Waals surface area contributed by atoms with Gasteiger partial charge in [-0.25, -0.2) is 8.42 Å². The van der Waals surface area contributed by atoms with Crippen LogP contribution in [-0.2, 0) is 16.7 Å². The number of para-hydroxylation sites is 2. The zero-order chi connectivity index (χ0) is 51.0. The van der Waals surface area contributed by atoms with Crippen LogP contribution >= 0.6 is 0 Å². The first kappa shape index (κ1) is 60.0. The molecule has 0 aliphatic heterocycles. The van der Waals surface area contributed by atoms with E-state index in [-0.39, 0.29) is 17.3 Å². The van der Waals surface area contributed by atoms with Crippen molar-refractivity contribution in [2.45, 2.75) is 239 Å². The molecule has 0 aliphatic carbocycles. The first-order valence-electron chi connectivity index (χ1n) is 29.2. The van der Waals surface area contributed by atoms with Crippen molar-refractivity contribution in [2.24, 2.45) is 0 Å². The minimum atomic E-state index is -4.28. The molecular weight excluding hydrogens is 899 g/mol. The quantitative estimate of drug-likeness (QED) is 0.0182. The van der Waals surface area contributed by atoms with Gasteiger partial charge in [-0.1, -0.05) is 218 Å². The number of pyridine rings is 2. The van der Waals surface area contributed by atoms with E-state index in [2.05, 4.69) is 32.9 Å². The fourth-order valence-electron chi connectivity index (χ4n) is 10.6. The average Bonchev–Trinajstić information content (AvgIpc) is 3.35. The van der Waals surface area contributed by atoms with Crippen molar-refractivity contribution in [3.63, 3.8) is 0 Å². The fourth-order valence-corrected chi connectivity index (χ4v) is 11.2. The van der Waals surface area contributed by atoms with Crippen molar-refractivity contribution in [2.75, 3.05) is 32.9 Å². The van der Waals surface area contributed by atoms with Crippen LogP contribution in [-0.4, -0.2) is 59.9 Å². The van der Waals surface area contributed by atoms with Crippen LogP contribution in [0.15, 0.2) is 70.3 Å². The Morgan fingerprint density at radius 3 is 1.28 bits per heavy atom. The standard InChI is InChI=1S/C38H80N.C24H20N2O5S/c1-5-7-9-11-13-15-17-19-21-23-25-27-29-31-33-35-37-39(3,4)38-36-34-32-30-28-26-24-22-20-18-16-14-12-10-8-6-2;27-23-15-7-1-3-9-19(15)25-20-13-18-22(14-17(20)23)26(11-5-6-12-32(29,30)31)21-10-4-2-8-16(21)24(18)28/h5-38H2,1-4H3;1-4,7-10,13-14H,5-6,11-12H2,(H,25,27)(H,29,30,31)/q+1;/p-1. The summed E-state index contributed by atoms with van der Waals surface area (Å²) in [5.74, 6) is -0.433. The third-order valence-electron chi connectivity index (χ3n) is 15.1. The number of benzene rings is 3. The Labute approximate surface area is 431 Å². The van der Waals surface area contributed by atoms with E-state index in [0.29, 0.717) is 56.6 Å². The molecule has 0 unspecified atom stereocenters. The Balaban J connectivity index is 0.000000312. The molecule has 398 valence electrons. The molecular formula is C62H99N3O5S. The Bertz CT molecular complexity index is 2420. The maximum absolute atomic E-state index is 13.3. The van der Waals surface area contributed by atoms with Crippen molar-refractivity contribution in [1.82, 2.24) is 9.55 Å². The van der Waals surface area contributed by atoms with Gasteiger partial charge in [-0.3, -0.25) is 9.59 Å². The molecule has 2 aromatic heterocycles. The Morgan fingerprint density at radius 2 is 0.831 bits per heavy atom. The van der Waals surface area contributed by atoms with Gasteiger partial charge >= 0.3 is 0 Å². The second kappa shape index (κ2) is 34.8. The molecule has 2 heterocycles. The van der Waals surface area contributed by atoms with E-state index in [1.54, 1.807) is 36.4 Å². The van der Waals surface area contributed by atoms with Gasteiger partial charge in [0.05, 0.1) is 53.9 Å². The molecule has 0 fully saturated rings. The second-order valence-electron chi connectivity index (χ2n) is 21.9. The zero-order valence-corrected chi connectivity index (χ0v) is 46.3. The number of aromatic nitrogens is 2. The number of nitrogens with one attached hydrogen (secondary N) is 1. The van der Waals surface area contributed by atoms with E-state index in [9.17, 15) is 22.6 Å². The lowest BCUT2D eigenvalue weighted by Crippen LogP contribution is -2.41. The van der Waals surface area contributed by atoms with E-state index in [0.717, 1.165) is 0 Å². The highest BCUT2D eigenvalue weighted by atomic mass is 32.2. The van der Waals surface area contributed by atoms with E-state index in [4.69, 9.17) is 0 Å². The Kier molecular flexibility index (Phi) is 29.4. The molecule has 3 aromatic carbocycles. The van der Waals surface area contributed by atoms with Crippen molar-refractivity contribution in [3.05, 3.63) is 81.1 Å². The minimum Gasteiger partial charge on any atom is -0.748 e. The van der Waals surface area contributed by atoms with Crippen LogP contribution < -0.4 is 10.9 Å². The summed E-state index contributed by atoms with van der Waals surface area (Å²) in [7, 11) is 0.657. The maximum Gasteiger partial charge on any atom is 0.197 e. The molecule has 0 aliphatic rings. The summed E-state index contributed by atoms with van der Waals surface area (Å²) in [4.78, 5) is 29.7. The van der Waals surface area contributed by atoms with Crippen molar-refractivity contribution in [1.29, 1.82) is 0 Å². The van der Waals surface area contributed by atoms with E-state index < -0.39 is 15.9 Å². The highest BCUT2D eigenvalue weighted by Gasteiger charge is 2.16. The first-order chi connectivity index (χ1) is 34.5. The molecule has 8 nitrogen and oxygen atoms in total. The third kappa shape index (κ3) is 23.5. The van der Waals surface area contributed by atoms with Gasteiger partial charge in [0.25, 0.3) is 0 Å². The molecule has 71 heavy (non-hydrogen) atoms. The number of nitrogens with zero attached hydrogens (tertiary/aromatic N) is 2. The van der Waals surface area contributed by atoms with E-state index in [1.165, 1.54) is 223 Å². The largest absolute Gasteiger partial charge is 0.748 e. The zero-order valence-electron chi connectivity index (χ0n) is 45.5. The summed E-state index contributed by atoms with van der Waals surface area (Å²) < 4.78 is 36.1. The first-order valence-corrected chi connectivity index (χ1v) is 30.8. The Hall–Kier alpha value is -3.53. The number of H-pyrrole nitrogens is 1. The molecule has 9 heteroatoms. The number of rotatable bonds is 39. The SMILES string of the molecule is CCCCCCCCCCCCCCCCCC[N+](C)(C)CCCCCCCCCCCCCCCCCC.O=c1c2ccccc2[nH]c2cc3c(=O)c4ccccc4n(CCCCS(=O)(=O)[O-])c3cc12. The molecule has 0 saturated carbocycles. The lowest BCUT2D eigenvalue weighted by Gasteiger charge is -2.30. The number of hydrogen-bond donors (Lipinski definition) is 1. The predicted molar refractivity (Wildman–Crippen MR) is 306 cm³/mol. The van der Waals surface area contributed by atoms with Crippen molar-refractivity contribution >= 4 is 53.7 Å². The Morgan fingerprint density at radius 1 is 0.437 bits per heavy atom. The van der Waals surface area contributed by atoms with Crippen LogP contribution in [0.1, 0.15) is 232 Å². The number of quaternary nitrogens is 1. The second-order valence-corrected chi connectivity index (χ2v) is 23.4. The molecule has 0 bridgehead atoms. The van der Waals surface area contributed by atoms with Gasteiger partial charge in [-0.2, -0.15) is 0 Å². The maximum atomic E-state index is 13.3. The van der Waals surface area contributed by atoms with Crippen molar-refractivity contribution in [3.8, 4) is 0 Å². The molecule has 1 N–H and O–H groups in total. The summed E-state index contributed by atoms with van der Waals surface area (Å²) in [6, 6.07) is 17.9. The summed E-state index contributed by atoms with van der Waals surface area (Å²) in [5.41, 5.74) is 2.33. The van der Waals surface area contributed by atoms with Crippen molar-refractivity contribution < 1.29 is 17.5 Å². The molecule has 0 atom stereocenters. The van der Waals surface area contributed by atoms with E-state index >= 15 is 0 Å². The molecule has 0 saturated heterocycles. The highest BCUT2D eigenvalue weighted by molar-refractivity contribution is 7.85. The lowest BCUT2D eigenvalue weighted by molar-refractivity contribution is -0.890. The lowest BCUT2D eigenvalue weighted by atomic mass is 10.0. The van der Waals surface area contributed by atoms with Crippen LogP contribution in [0, 0.1) is 0 Å². The van der Waals surface area contributed by atoms with Gasteiger partial charge in [0, 0.05) is 39.4 Å². The van der Waals surface area contributed by atoms with Crippen LogP contribution in [0.3, 0.4) is 0 Å². The fraction of sp³-hybridized carbons (Fsp3) is 0.677. The topological polar surface area (TPSA) is 112 Å². The number of aromatic amines is 1. The molecule has 0 spiro atoms. The van der Waals surface area contributed by atoms with Gasteiger partial charge in [-0.05, 0) is 74.9 Å². The molecule has 0 amide bonds. The van der Waals surface area contributed by atoms with Gasteiger partial charge in [0.15, 0.2) is 10.9 Å². The monoisotopic (exact) mass is 998 g/mol. The van der Waals surface area contributed by atoms with E-state index in [1.807, 2.05) is 28.8 Å². The van der Waals surface area contributed by atoms with Crippen LogP contribution in [0.2, 0.25) is 0 Å².